The molecule has 1 aliphatic rings. The van der Waals surface area contributed by atoms with E-state index < -0.39 is 0 Å². The predicted molar refractivity (Wildman–Crippen MR) is 70.6 cm³/mol. The fraction of sp³-hybridized carbons (Fsp3) is 0.333. The maximum atomic E-state index is 5.33. The first-order chi connectivity index (χ1) is 8.74. The zero-order chi connectivity index (χ0) is 12.5. The molecule has 0 fully saturated rings. The average molecular weight is 259 g/mol. The van der Waals surface area contributed by atoms with Gasteiger partial charge in [0.15, 0.2) is 11.6 Å². The summed E-state index contributed by atoms with van der Waals surface area (Å²) in [6.45, 7) is 3.70. The molecule has 3 rings (SSSR count). The van der Waals surface area contributed by atoms with Gasteiger partial charge in [-0.2, -0.15) is 0 Å². The van der Waals surface area contributed by atoms with Crippen LogP contribution in [-0.2, 0) is 13.0 Å². The summed E-state index contributed by atoms with van der Waals surface area (Å²) in [5.74, 6) is 1.24. The Balaban J connectivity index is 2.11. The molecule has 0 radical (unpaired) electrons. The van der Waals surface area contributed by atoms with Gasteiger partial charge in [-0.1, -0.05) is 12.2 Å². The molecule has 0 spiro atoms. The van der Waals surface area contributed by atoms with Gasteiger partial charge in [-0.3, -0.25) is 0 Å². The van der Waals surface area contributed by atoms with Crippen LogP contribution in [0.15, 0.2) is 12.4 Å². The Hall–Kier alpha value is -1.66. The molecule has 2 aromatic heterocycles. The molecule has 92 valence electrons. The summed E-state index contributed by atoms with van der Waals surface area (Å²) in [5.41, 5.74) is 3.26. The van der Waals surface area contributed by atoms with Crippen molar-refractivity contribution in [3.8, 4) is 11.6 Å². The highest BCUT2D eigenvalue weighted by molar-refractivity contribution is 7.71. The van der Waals surface area contributed by atoms with Crippen molar-refractivity contribution in [3.63, 3.8) is 0 Å². The molecule has 2 N–H and O–H groups in total. The molecule has 0 saturated heterocycles. The van der Waals surface area contributed by atoms with Gasteiger partial charge < -0.3 is 10.3 Å². The quantitative estimate of drug-likeness (QED) is 0.761. The largest absolute Gasteiger partial charge is 0.340 e. The number of aromatic amines is 1. The van der Waals surface area contributed by atoms with Gasteiger partial charge in [-0.15, -0.1) is 0 Å². The number of fused-ring (bicyclic) bond motifs is 1. The Bertz CT molecular complexity index is 632. The second kappa shape index (κ2) is 4.55. The summed E-state index contributed by atoms with van der Waals surface area (Å²) in [5, 5.41) is 3.29. The van der Waals surface area contributed by atoms with E-state index in [1.165, 1.54) is 0 Å². The summed E-state index contributed by atoms with van der Waals surface area (Å²) in [7, 11) is 0. The van der Waals surface area contributed by atoms with Crippen LogP contribution >= 0.6 is 12.2 Å². The van der Waals surface area contributed by atoms with Crippen LogP contribution in [0, 0.1) is 11.6 Å². The number of hydrogen-bond acceptors (Lipinski definition) is 5. The molecule has 0 aliphatic carbocycles. The number of nitrogens with one attached hydrogen (secondary N) is 2. The predicted octanol–water partition coefficient (Wildman–Crippen LogP) is 1.55. The molecule has 6 heteroatoms. The molecule has 0 unspecified atom stereocenters. The minimum Gasteiger partial charge on any atom is -0.340 e. The van der Waals surface area contributed by atoms with Crippen LogP contribution in [0.4, 0.5) is 0 Å². The maximum Gasteiger partial charge on any atom is 0.195 e. The van der Waals surface area contributed by atoms with Crippen molar-refractivity contribution in [3.05, 3.63) is 33.9 Å². The molecule has 0 saturated carbocycles. The van der Waals surface area contributed by atoms with Crippen LogP contribution in [0.1, 0.15) is 16.8 Å². The Morgan fingerprint density at radius 2 is 2.06 bits per heavy atom. The highest BCUT2D eigenvalue weighted by Gasteiger charge is 2.14. The van der Waals surface area contributed by atoms with Gasteiger partial charge in [0.1, 0.15) is 4.64 Å². The van der Waals surface area contributed by atoms with E-state index in [9.17, 15) is 0 Å². The number of aromatic nitrogens is 4. The summed E-state index contributed by atoms with van der Waals surface area (Å²) in [4.78, 5) is 16.2. The highest BCUT2D eigenvalue weighted by atomic mass is 32.1. The number of H-pyrrole nitrogens is 1. The lowest BCUT2D eigenvalue weighted by Gasteiger charge is -2.17. The van der Waals surface area contributed by atoms with Crippen LogP contribution in [0.25, 0.3) is 11.6 Å². The number of nitrogens with zero attached hydrogens (tertiary/aromatic N) is 3. The van der Waals surface area contributed by atoms with Crippen LogP contribution in [0.5, 0.6) is 0 Å². The van der Waals surface area contributed by atoms with Crippen LogP contribution in [0.3, 0.4) is 0 Å². The fourth-order valence-corrected chi connectivity index (χ4v) is 2.27. The van der Waals surface area contributed by atoms with Crippen LogP contribution in [-0.4, -0.2) is 26.5 Å². The molecule has 18 heavy (non-hydrogen) atoms. The Labute approximate surface area is 110 Å². The van der Waals surface area contributed by atoms with Gasteiger partial charge in [0.2, 0.25) is 0 Å². The Kier molecular flexibility index (Phi) is 2.89. The van der Waals surface area contributed by atoms with Gasteiger partial charge in [0.25, 0.3) is 0 Å². The van der Waals surface area contributed by atoms with E-state index in [1.807, 2.05) is 6.92 Å². The fourth-order valence-electron chi connectivity index (χ4n) is 1.99. The molecule has 0 amide bonds. The zero-order valence-electron chi connectivity index (χ0n) is 10.0. The first kappa shape index (κ1) is 11.4. The summed E-state index contributed by atoms with van der Waals surface area (Å²) in [6.07, 6.45) is 4.49. The van der Waals surface area contributed by atoms with E-state index in [-0.39, 0.29) is 0 Å². The Morgan fingerprint density at radius 1 is 1.28 bits per heavy atom. The third-order valence-corrected chi connectivity index (χ3v) is 3.29. The van der Waals surface area contributed by atoms with Crippen LogP contribution < -0.4 is 5.32 Å². The van der Waals surface area contributed by atoms with Gasteiger partial charge in [-0.25, -0.2) is 15.0 Å². The number of rotatable bonds is 1. The number of aryl methyl sites for hydroxylation is 1. The van der Waals surface area contributed by atoms with Gasteiger partial charge in [0, 0.05) is 43.2 Å². The summed E-state index contributed by atoms with van der Waals surface area (Å²) >= 11 is 5.33. The second-order valence-corrected chi connectivity index (χ2v) is 4.75. The zero-order valence-corrected chi connectivity index (χ0v) is 10.8. The number of hydrogen-bond donors (Lipinski definition) is 2. The Morgan fingerprint density at radius 3 is 2.83 bits per heavy atom. The van der Waals surface area contributed by atoms with Gasteiger partial charge in [0.05, 0.1) is 0 Å². The van der Waals surface area contributed by atoms with E-state index in [4.69, 9.17) is 12.2 Å². The lowest BCUT2D eigenvalue weighted by Crippen LogP contribution is -2.25. The van der Waals surface area contributed by atoms with E-state index >= 15 is 0 Å². The summed E-state index contributed by atoms with van der Waals surface area (Å²) < 4.78 is 0.634. The monoisotopic (exact) mass is 259 g/mol. The van der Waals surface area contributed by atoms with Gasteiger partial charge in [-0.05, 0) is 12.5 Å². The molecular formula is C12H13N5S. The molecule has 3 heterocycles. The lowest BCUT2D eigenvalue weighted by atomic mass is 10.1. The van der Waals surface area contributed by atoms with E-state index in [1.54, 1.807) is 12.4 Å². The van der Waals surface area contributed by atoms with Crippen molar-refractivity contribution >= 4 is 12.2 Å². The van der Waals surface area contributed by atoms with Gasteiger partial charge >= 0.3 is 0 Å². The topological polar surface area (TPSA) is 66.5 Å². The highest BCUT2D eigenvalue weighted by Crippen LogP contribution is 2.16. The first-order valence-corrected chi connectivity index (χ1v) is 6.26. The molecule has 1 aliphatic heterocycles. The van der Waals surface area contributed by atoms with Crippen molar-refractivity contribution in [1.82, 2.24) is 25.3 Å². The normalized spacial score (nSPS) is 14.3. The van der Waals surface area contributed by atoms with Crippen molar-refractivity contribution in [1.29, 1.82) is 0 Å². The third-order valence-electron chi connectivity index (χ3n) is 2.95. The molecule has 0 atom stereocenters. The van der Waals surface area contributed by atoms with Crippen molar-refractivity contribution in [2.24, 2.45) is 0 Å². The van der Waals surface area contributed by atoms with Crippen molar-refractivity contribution in [2.75, 3.05) is 6.54 Å². The minimum absolute atomic E-state index is 0.591. The van der Waals surface area contributed by atoms with E-state index in [0.717, 1.165) is 36.3 Å². The third kappa shape index (κ3) is 2.04. The smallest absolute Gasteiger partial charge is 0.195 e. The summed E-state index contributed by atoms with van der Waals surface area (Å²) in [6, 6.07) is 0. The standard InChI is InChI=1S/C12H13N5S/c1-7-4-14-10(15-5-7)11-16-9-2-3-13-6-8(9)12(18)17-11/h4-5,13H,2-3,6H2,1H3,(H,16,17,18). The van der Waals surface area contributed by atoms with Crippen molar-refractivity contribution in [2.45, 2.75) is 19.9 Å². The van der Waals surface area contributed by atoms with Crippen molar-refractivity contribution < 1.29 is 0 Å². The lowest BCUT2D eigenvalue weighted by molar-refractivity contribution is 0.624. The molecule has 0 bridgehead atoms. The molecular weight excluding hydrogens is 246 g/mol. The van der Waals surface area contributed by atoms with E-state index in [2.05, 4.69) is 25.3 Å². The van der Waals surface area contributed by atoms with E-state index in [0.29, 0.717) is 16.3 Å². The first-order valence-electron chi connectivity index (χ1n) is 5.86. The second-order valence-electron chi connectivity index (χ2n) is 4.36. The minimum atomic E-state index is 0.591. The SMILES string of the molecule is Cc1cnc(-c2nc(=S)c3c([nH]2)CCNC3)nc1. The maximum absolute atomic E-state index is 5.33. The molecule has 0 aromatic carbocycles. The average Bonchev–Trinajstić information content (AvgIpc) is 2.39. The van der Waals surface area contributed by atoms with Crippen LogP contribution in [0.2, 0.25) is 0 Å². The molecule has 2 aromatic rings. The molecule has 5 nitrogen and oxygen atoms in total.